The Balaban J connectivity index is 1.58. The fraction of sp³-hybridized carbons (Fsp3) is 0.444. The van der Waals surface area contributed by atoms with E-state index in [1.165, 1.54) is 0 Å². The monoisotopic (exact) mass is 370 g/mol. The number of piperidine rings is 1. The lowest BCUT2D eigenvalue weighted by atomic mass is 9.92. The molecule has 0 radical (unpaired) electrons. The van der Waals surface area contributed by atoms with Crippen LogP contribution in [-0.2, 0) is 0 Å². The molecule has 0 amide bonds. The third-order valence-corrected chi connectivity index (χ3v) is 5.47. The van der Waals surface area contributed by atoms with Gasteiger partial charge in [0.2, 0.25) is 11.8 Å². The van der Waals surface area contributed by atoms with E-state index in [1.807, 2.05) is 0 Å². The van der Waals surface area contributed by atoms with E-state index in [0.717, 1.165) is 38.3 Å². The number of aromatic nitrogens is 3. The summed E-state index contributed by atoms with van der Waals surface area (Å²) in [5.74, 6) is 2.61. The lowest BCUT2D eigenvalue weighted by Gasteiger charge is -2.39. The van der Waals surface area contributed by atoms with Crippen LogP contribution in [0.1, 0.15) is 18.4 Å². The molecule has 2 aliphatic heterocycles. The highest BCUT2D eigenvalue weighted by atomic mass is 35.5. The number of nitriles is 1. The molecule has 26 heavy (non-hydrogen) atoms. The van der Waals surface area contributed by atoms with E-state index in [2.05, 4.69) is 30.8 Å². The fourth-order valence-electron chi connectivity index (χ4n) is 3.89. The number of rotatable bonds is 3. The summed E-state index contributed by atoms with van der Waals surface area (Å²) in [6, 6.07) is 5.81. The van der Waals surface area contributed by atoms with E-state index in [-0.39, 0.29) is 0 Å². The van der Waals surface area contributed by atoms with Gasteiger partial charge in [0.15, 0.2) is 0 Å². The second-order valence-electron chi connectivity index (χ2n) is 6.58. The lowest BCUT2D eigenvalue weighted by molar-refractivity contribution is 0.379. The minimum absolute atomic E-state index is 0.302. The van der Waals surface area contributed by atoms with Gasteiger partial charge in [0.05, 0.1) is 23.7 Å². The first-order chi connectivity index (χ1) is 12.7. The summed E-state index contributed by atoms with van der Waals surface area (Å²) in [5.41, 5.74) is 0.476. The number of hydrogen-bond acceptors (Lipinski definition) is 7. The number of ether oxygens (including phenoxy) is 1. The third-order valence-electron chi connectivity index (χ3n) is 5.19. The molecule has 7 nitrogen and oxygen atoms in total. The summed E-state index contributed by atoms with van der Waals surface area (Å²) < 4.78 is 5.22. The van der Waals surface area contributed by atoms with Crippen LogP contribution in [0.15, 0.2) is 24.5 Å². The number of halogens is 1. The first kappa shape index (κ1) is 16.9. The zero-order valence-electron chi connectivity index (χ0n) is 14.5. The van der Waals surface area contributed by atoms with Crippen molar-refractivity contribution in [1.29, 1.82) is 5.26 Å². The Hall–Kier alpha value is -2.59. The van der Waals surface area contributed by atoms with Gasteiger partial charge in [0.25, 0.3) is 0 Å². The highest BCUT2D eigenvalue weighted by molar-refractivity contribution is 6.33. The van der Waals surface area contributed by atoms with Crippen LogP contribution in [-0.4, -0.2) is 47.7 Å². The Labute approximate surface area is 157 Å². The van der Waals surface area contributed by atoms with Crippen LogP contribution in [0.2, 0.25) is 5.02 Å². The lowest BCUT2D eigenvalue weighted by Crippen LogP contribution is -2.49. The van der Waals surface area contributed by atoms with Gasteiger partial charge in [0, 0.05) is 38.1 Å². The summed E-state index contributed by atoms with van der Waals surface area (Å²) in [4.78, 5) is 17.8. The summed E-state index contributed by atoms with van der Waals surface area (Å²) in [6.45, 7) is 2.66. The summed E-state index contributed by atoms with van der Waals surface area (Å²) >= 11 is 6.40. The van der Waals surface area contributed by atoms with Crippen molar-refractivity contribution in [2.24, 2.45) is 5.92 Å². The molecule has 4 heterocycles. The number of anilines is 2. The maximum Gasteiger partial charge on any atom is 0.228 e. The molecular weight excluding hydrogens is 352 g/mol. The van der Waals surface area contributed by atoms with Crippen LogP contribution in [0.5, 0.6) is 5.88 Å². The van der Waals surface area contributed by atoms with Crippen LogP contribution < -0.4 is 14.5 Å². The van der Waals surface area contributed by atoms with Gasteiger partial charge in [-0.25, -0.2) is 9.97 Å². The zero-order chi connectivity index (χ0) is 18.1. The van der Waals surface area contributed by atoms with Gasteiger partial charge in [-0.05, 0) is 24.8 Å². The normalized spacial score (nSPS) is 22.0. The largest absolute Gasteiger partial charge is 0.481 e. The standard InChI is InChI=1S/C18H19ClN6O/c1-26-16-2-5-21-18(23-16)24-6-3-13-4-7-25(15(13)11-24)17-14(19)8-12(9-20)10-22-17/h2,5,8,10,13,15H,3-4,6-7,11H2,1H3. The minimum atomic E-state index is 0.302. The van der Waals surface area contributed by atoms with Crippen molar-refractivity contribution in [2.75, 3.05) is 36.5 Å². The van der Waals surface area contributed by atoms with Crippen LogP contribution in [0, 0.1) is 17.2 Å². The maximum absolute atomic E-state index is 9.02. The first-order valence-corrected chi connectivity index (χ1v) is 9.01. The van der Waals surface area contributed by atoms with Gasteiger partial charge in [0.1, 0.15) is 11.9 Å². The van der Waals surface area contributed by atoms with Crippen LogP contribution in [0.3, 0.4) is 0 Å². The van der Waals surface area contributed by atoms with Crippen molar-refractivity contribution in [1.82, 2.24) is 15.0 Å². The molecule has 0 N–H and O–H groups in total. The summed E-state index contributed by atoms with van der Waals surface area (Å²) in [7, 11) is 1.61. The second kappa shape index (κ2) is 6.96. The van der Waals surface area contributed by atoms with Crippen LogP contribution in [0.4, 0.5) is 11.8 Å². The molecule has 4 rings (SSSR count). The molecule has 2 fully saturated rings. The molecule has 2 saturated heterocycles. The molecule has 2 aliphatic rings. The van der Waals surface area contributed by atoms with Crippen molar-refractivity contribution < 1.29 is 4.74 Å². The average Bonchev–Trinajstić information content (AvgIpc) is 3.11. The molecule has 2 aromatic rings. The predicted molar refractivity (Wildman–Crippen MR) is 98.6 cm³/mol. The van der Waals surface area contributed by atoms with Gasteiger partial charge in [-0.2, -0.15) is 10.2 Å². The van der Waals surface area contributed by atoms with Gasteiger partial charge >= 0.3 is 0 Å². The van der Waals surface area contributed by atoms with Crippen molar-refractivity contribution >= 4 is 23.4 Å². The quantitative estimate of drug-likeness (QED) is 0.821. The predicted octanol–water partition coefficient (Wildman–Crippen LogP) is 2.51. The number of nitrogens with zero attached hydrogens (tertiary/aromatic N) is 6. The third kappa shape index (κ3) is 3.01. The highest BCUT2D eigenvalue weighted by Gasteiger charge is 2.40. The Morgan fingerprint density at radius 3 is 2.92 bits per heavy atom. The molecule has 2 aromatic heterocycles. The van der Waals surface area contributed by atoms with Gasteiger partial charge in [-0.1, -0.05) is 11.6 Å². The van der Waals surface area contributed by atoms with E-state index in [1.54, 1.807) is 31.6 Å². The topological polar surface area (TPSA) is 78.2 Å². The Bertz CT molecular complexity index is 854. The molecule has 8 heteroatoms. The van der Waals surface area contributed by atoms with E-state index >= 15 is 0 Å². The van der Waals surface area contributed by atoms with E-state index < -0.39 is 0 Å². The molecule has 0 spiro atoms. The number of fused-ring (bicyclic) bond motifs is 1. The summed E-state index contributed by atoms with van der Waals surface area (Å²) in [6.07, 6.45) is 5.50. The second-order valence-corrected chi connectivity index (χ2v) is 6.99. The van der Waals surface area contributed by atoms with E-state index in [0.29, 0.717) is 34.4 Å². The van der Waals surface area contributed by atoms with Crippen molar-refractivity contribution in [2.45, 2.75) is 18.9 Å². The van der Waals surface area contributed by atoms with Crippen molar-refractivity contribution in [3.8, 4) is 11.9 Å². The maximum atomic E-state index is 9.02. The molecule has 0 saturated carbocycles. The molecule has 0 bridgehead atoms. The highest BCUT2D eigenvalue weighted by Crippen LogP contribution is 2.37. The SMILES string of the molecule is COc1ccnc(N2CCC3CCN(c4ncc(C#N)cc4Cl)C3C2)n1. The number of methoxy groups -OCH3 is 1. The van der Waals surface area contributed by atoms with E-state index in [4.69, 9.17) is 21.6 Å². The smallest absolute Gasteiger partial charge is 0.228 e. The van der Waals surface area contributed by atoms with Gasteiger partial charge in [-0.3, -0.25) is 0 Å². The zero-order valence-corrected chi connectivity index (χ0v) is 15.2. The number of hydrogen-bond donors (Lipinski definition) is 0. The molecular formula is C18H19ClN6O. The van der Waals surface area contributed by atoms with E-state index in [9.17, 15) is 0 Å². The van der Waals surface area contributed by atoms with Crippen molar-refractivity contribution in [3.05, 3.63) is 35.1 Å². The Morgan fingerprint density at radius 1 is 1.31 bits per heavy atom. The minimum Gasteiger partial charge on any atom is -0.481 e. The van der Waals surface area contributed by atoms with Gasteiger partial charge in [-0.15, -0.1) is 0 Å². The molecule has 2 atom stereocenters. The Kier molecular flexibility index (Phi) is 4.51. The first-order valence-electron chi connectivity index (χ1n) is 8.64. The fourth-order valence-corrected chi connectivity index (χ4v) is 4.16. The van der Waals surface area contributed by atoms with Crippen LogP contribution in [0.25, 0.3) is 0 Å². The number of pyridine rings is 1. The molecule has 134 valence electrons. The summed E-state index contributed by atoms with van der Waals surface area (Å²) in [5, 5.41) is 9.54. The average molecular weight is 371 g/mol. The molecule has 0 aliphatic carbocycles. The molecule has 0 aromatic carbocycles. The van der Waals surface area contributed by atoms with Crippen LogP contribution >= 0.6 is 11.6 Å². The van der Waals surface area contributed by atoms with Crippen molar-refractivity contribution in [3.63, 3.8) is 0 Å². The molecule has 2 unspecified atom stereocenters. The van der Waals surface area contributed by atoms with Gasteiger partial charge < -0.3 is 14.5 Å². The Morgan fingerprint density at radius 2 is 2.15 bits per heavy atom.